The number of pyridine rings is 1. The van der Waals surface area contributed by atoms with Crippen LogP contribution in [-0.2, 0) is 11.9 Å². The molecule has 0 aliphatic carbocycles. The molecule has 0 radical (unpaired) electrons. The summed E-state index contributed by atoms with van der Waals surface area (Å²) in [4.78, 5) is 18.6. The topological polar surface area (TPSA) is 30.0 Å². The summed E-state index contributed by atoms with van der Waals surface area (Å²) < 4.78 is 41.4. The van der Waals surface area contributed by atoms with Crippen molar-refractivity contribution in [2.24, 2.45) is 0 Å². The van der Waals surface area contributed by atoms with Crippen molar-refractivity contribution >= 4 is 28.4 Å². The van der Waals surface area contributed by atoms with Crippen LogP contribution in [0.3, 0.4) is 0 Å². The van der Waals surface area contributed by atoms with Crippen LogP contribution in [0.25, 0.3) is 22.0 Å². The van der Waals surface area contributed by atoms with Crippen LogP contribution in [-0.4, -0.2) is 10.8 Å². The molecule has 0 aliphatic heterocycles. The van der Waals surface area contributed by atoms with E-state index in [-0.39, 0.29) is 22.2 Å². The summed E-state index contributed by atoms with van der Waals surface area (Å²) in [5.74, 6) is 0.454. The molecule has 1 aromatic heterocycles. The van der Waals surface area contributed by atoms with Gasteiger partial charge in [0.25, 0.3) is 0 Å². The lowest BCUT2D eigenvalue weighted by molar-refractivity contribution is -0.136. The van der Waals surface area contributed by atoms with Crippen LogP contribution in [0.1, 0.15) is 27.0 Å². The van der Waals surface area contributed by atoms with Gasteiger partial charge in [-0.25, -0.2) is 0 Å². The number of carbonyl (C=O) groups excluding carboxylic acids is 1. The lowest BCUT2D eigenvalue weighted by Crippen LogP contribution is -2.09. The number of fused-ring (bicyclic) bond motifs is 1. The highest BCUT2D eigenvalue weighted by atomic mass is 32.2. The molecule has 36 heavy (non-hydrogen) atoms. The Bertz CT molecular complexity index is 1530. The molecular formula is C30H20F3NOS. The number of ketones is 1. The molecule has 2 nitrogen and oxygen atoms in total. The molecule has 0 spiro atoms. The number of aromatic nitrogens is 1. The number of alkyl halides is 3. The Morgan fingerprint density at radius 1 is 0.806 bits per heavy atom. The Morgan fingerprint density at radius 2 is 1.50 bits per heavy atom. The van der Waals surface area contributed by atoms with Crippen molar-refractivity contribution in [1.29, 1.82) is 0 Å². The Kier molecular flexibility index (Phi) is 6.61. The molecule has 178 valence electrons. The SMILES string of the molecule is O=C(c1ccccc1)c1cnc2c(C(F)(F)F)cccc2c1-c1cccc(SCc2ccccc2)c1. The van der Waals surface area contributed by atoms with Gasteiger partial charge in [-0.2, -0.15) is 13.2 Å². The monoisotopic (exact) mass is 499 g/mol. The minimum Gasteiger partial charge on any atom is -0.289 e. The number of hydrogen-bond acceptors (Lipinski definition) is 3. The number of hydrogen-bond donors (Lipinski definition) is 0. The molecule has 5 rings (SSSR count). The molecule has 0 atom stereocenters. The molecule has 0 N–H and O–H groups in total. The Morgan fingerprint density at radius 3 is 2.22 bits per heavy atom. The number of carbonyl (C=O) groups is 1. The number of thioether (sulfide) groups is 1. The van der Waals surface area contributed by atoms with Crippen molar-refractivity contribution in [1.82, 2.24) is 4.98 Å². The van der Waals surface area contributed by atoms with Crippen molar-refractivity contribution in [3.63, 3.8) is 0 Å². The third-order valence-electron chi connectivity index (χ3n) is 5.85. The first-order chi connectivity index (χ1) is 17.4. The molecule has 0 saturated heterocycles. The summed E-state index contributed by atoms with van der Waals surface area (Å²) in [5, 5.41) is 0.289. The molecule has 0 unspecified atom stereocenters. The first-order valence-electron chi connectivity index (χ1n) is 11.3. The van der Waals surface area contributed by atoms with Crippen molar-refractivity contribution < 1.29 is 18.0 Å². The zero-order valence-electron chi connectivity index (χ0n) is 19.0. The van der Waals surface area contributed by atoms with E-state index in [1.54, 1.807) is 48.2 Å². The molecular weight excluding hydrogens is 479 g/mol. The highest BCUT2D eigenvalue weighted by molar-refractivity contribution is 7.98. The van der Waals surface area contributed by atoms with E-state index in [9.17, 15) is 18.0 Å². The third-order valence-corrected chi connectivity index (χ3v) is 6.92. The molecule has 0 saturated carbocycles. The molecule has 1 heterocycles. The van der Waals surface area contributed by atoms with E-state index in [4.69, 9.17) is 0 Å². The van der Waals surface area contributed by atoms with Crippen molar-refractivity contribution in [2.75, 3.05) is 0 Å². The van der Waals surface area contributed by atoms with E-state index in [2.05, 4.69) is 4.98 Å². The number of rotatable bonds is 6. The maximum Gasteiger partial charge on any atom is 0.418 e. The van der Waals surface area contributed by atoms with Crippen LogP contribution in [0.4, 0.5) is 13.2 Å². The summed E-state index contributed by atoms with van der Waals surface area (Å²) in [5.41, 5.74) is 1.99. The first-order valence-corrected chi connectivity index (χ1v) is 12.3. The predicted octanol–water partition coefficient (Wildman–Crippen LogP) is 8.44. The van der Waals surface area contributed by atoms with Gasteiger partial charge in [0, 0.05) is 38.9 Å². The number of halogens is 3. The molecule has 0 amide bonds. The summed E-state index contributed by atoms with van der Waals surface area (Å²) in [6.45, 7) is 0. The van der Waals surface area contributed by atoms with E-state index in [0.717, 1.165) is 22.3 Å². The van der Waals surface area contributed by atoms with Crippen LogP contribution in [0, 0.1) is 0 Å². The molecule has 6 heteroatoms. The second kappa shape index (κ2) is 9.99. The van der Waals surface area contributed by atoms with Gasteiger partial charge in [-0.1, -0.05) is 84.9 Å². The maximum atomic E-state index is 13.8. The van der Waals surface area contributed by atoms with E-state index in [0.29, 0.717) is 16.7 Å². The number of para-hydroxylation sites is 1. The van der Waals surface area contributed by atoms with Crippen LogP contribution in [0.5, 0.6) is 0 Å². The summed E-state index contributed by atoms with van der Waals surface area (Å²) in [6.07, 6.45) is -3.30. The van der Waals surface area contributed by atoms with Crippen LogP contribution in [0.15, 0.2) is 114 Å². The van der Waals surface area contributed by atoms with Crippen LogP contribution >= 0.6 is 11.8 Å². The highest BCUT2D eigenvalue weighted by Crippen LogP contribution is 2.40. The number of nitrogens with zero attached hydrogens (tertiary/aromatic N) is 1. The quantitative estimate of drug-likeness (QED) is 0.173. The fourth-order valence-corrected chi connectivity index (χ4v) is 5.07. The summed E-state index contributed by atoms with van der Waals surface area (Å²) in [6, 6.07) is 30.2. The van der Waals surface area contributed by atoms with Gasteiger partial charge in [-0.3, -0.25) is 9.78 Å². The average molecular weight is 500 g/mol. The fourth-order valence-electron chi connectivity index (χ4n) is 4.16. The lowest BCUT2D eigenvalue weighted by atomic mass is 9.91. The van der Waals surface area contributed by atoms with E-state index >= 15 is 0 Å². The average Bonchev–Trinajstić information content (AvgIpc) is 2.91. The highest BCUT2D eigenvalue weighted by Gasteiger charge is 2.34. The summed E-state index contributed by atoms with van der Waals surface area (Å²) >= 11 is 1.63. The Labute approximate surface area is 210 Å². The van der Waals surface area contributed by atoms with Gasteiger partial charge in [0.15, 0.2) is 5.78 Å². The lowest BCUT2D eigenvalue weighted by Gasteiger charge is -2.16. The summed E-state index contributed by atoms with van der Waals surface area (Å²) in [7, 11) is 0. The molecule has 5 aromatic rings. The first kappa shape index (κ1) is 23.8. The smallest absolute Gasteiger partial charge is 0.289 e. The minimum absolute atomic E-state index is 0.174. The molecule has 4 aromatic carbocycles. The second-order valence-electron chi connectivity index (χ2n) is 8.24. The minimum atomic E-state index is -4.57. The van der Waals surface area contributed by atoms with E-state index in [1.165, 1.54) is 12.3 Å². The van der Waals surface area contributed by atoms with Crippen molar-refractivity contribution in [3.05, 3.63) is 132 Å². The normalized spacial score (nSPS) is 11.5. The van der Waals surface area contributed by atoms with Gasteiger partial charge in [0.1, 0.15) is 0 Å². The van der Waals surface area contributed by atoms with Crippen molar-refractivity contribution in [2.45, 2.75) is 16.8 Å². The van der Waals surface area contributed by atoms with Crippen LogP contribution < -0.4 is 0 Å². The van der Waals surface area contributed by atoms with Gasteiger partial charge < -0.3 is 0 Å². The zero-order chi connectivity index (χ0) is 25.1. The predicted molar refractivity (Wildman–Crippen MR) is 138 cm³/mol. The molecule has 0 fully saturated rings. The molecule has 0 bridgehead atoms. The van der Waals surface area contributed by atoms with E-state index < -0.39 is 11.7 Å². The Hall–Kier alpha value is -3.90. The Balaban J connectivity index is 1.67. The number of benzene rings is 4. The van der Waals surface area contributed by atoms with Gasteiger partial charge in [-0.05, 0) is 29.3 Å². The second-order valence-corrected chi connectivity index (χ2v) is 9.29. The van der Waals surface area contributed by atoms with Crippen molar-refractivity contribution in [3.8, 4) is 11.1 Å². The van der Waals surface area contributed by atoms with E-state index in [1.807, 2.05) is 54.6 Å². The van der Waals surface area contributed by atoms with Gasteiger partial charge in [0.05, 0.1) is 11.1 Å². The fraction of sp³-hybridized carbons (Fsp3) is 0.0667. The van der Waals surface area contributed by atoms with Gasteiger partial charge in [-0.15, -0.1) is 11.8 Å². The standard InChI is InChI=1S/C30H20F3NOS/c31-30(32,33)26-16-8-15-24-27(25(18-34-28(24)26)29(35)21-11-5-2-6-12-21)22-13-7-14-23(17-22)36-19-20-9-3-1-4-10-20/h1-18H,19H2. The third kappa shape index (κ3) is 4.90. The van der Waals surface area contributed by atoms with Crippen LogP contribution in [0.2, 0.25) is 0 Å². The largest absolute Gasteiger partial charge is 0.418 e. The van der Waals surface area contributed by atoms with Gasteiger partial charge >= 0.3 is 6.18 Å². The molecule has 0 aliphatic rings. The van der Waals surface area contributed by atoms with Gasteiger partial charge in [0.2, 0.25) is 0 Å². The maximum absolute atomic E-state index is 13.8. The zero-order valence-corrected chi connectivity index (χ0v) is 19.8.